The van der Waals surface area contributed by atoms with Crippen molar-refractivity contribution in [2.24, 2.45) is 5.73 Å². The molecule has 0 bridgehead atoms. The normalized spacial score (nSPS) is 14.7. The van der Waals surface area contributed by atoms with Crippen LogP contribution in [-0.2, 0) is 0 Å². The SMILES string of the molecule is CC(CO)N(C)c1ccc([C@H](C)N)nc1. The Morgan fingerprint density at radius 2 is 2.13 bits per heavy atom. The molecule has 0 saturated carbocycles. The maximum Gasteiger partial charge on any atom is 0.0632 e. The van der Waals surface area contributed by atoms with Gasteiger partial charge in [-0.3, -0.25) is 4.98 Å². The third-order valence-electron chi connectivity index (χ3n) is 2.57. The van der Waals surface area contributed by atoms with E-state index < -0.39 is 0 Å². The second kappa shape index (κ2) is 5.09. The van der Waals surface area contributed by atoms with E-state index in [1.807, 2.05) is 37.9 Å². The zero-order valence-corrected chi connectivity index (χ0v) is 9.51. The Kier molecular flexibility index (Phi) is 4.05. The summed E-state index contributed by atoms with van der Waals surface area (Å²) in [4.78, 5) is 6.25. The number of nitrogens with two attached hydrogens (primary N) is 1. The van der Waals surface area contributed by atoms with Gasteiger partial charge >= 0.3 is 0 Å². The predicted molar refractivity (Wildman–Crippen MR) is 61.8 cm³/mol. The molecule has 0 fully saturated rings. The number of rotatable bonds is 4. The van der Waals surface area contributed by atoms with Crippen LogP contribution in [0.4, 0.5) is 5.69 Å². The molecule has 1 rings (SSSR count). The van der Waals surface area contributed by atoms with Crippen molar-refractivity contribution in [1.29, 1.82) is 0 Å². The minimum atomic E-state index is -0.0420. The van der Waals surface area contributed by atoms with Crippen molar-refractivity contribution in [3.63, 3.8) is 0 Å². The Bertz CT molecular complexity index is 297. The predicted octanol–water partition coefficient (Wildman–Crippen LogP) is 0.918. The van der Waals surface area contributed by atoms with E-state index in [0.29, 0.717) is 0 Å². The molecule has 1 aromatic rings. The van der Waals surface area contributed by atoms with Crippen LogP contribution in [0.5, 0.6) is 0 Å². The molecule has 1 unspecified atom stereocenters. The van der Waals surface area contributed by atoms with Gasteiger partial charge in [0.1, 0.15) is 0 Å². The van der Waals surface area contributed by atoms with Gasteiger partial charge in [0.25, 0.3) is 0 Å². The summed E-state index contributed by atoms with van der Waals surface area (Å²) in [6, 6.07) is 3.94. The summed E-state index contributed by atoms with van der Waals surface area (Å²) in [5, 5.41) is 9.03. The molecule has 0 aliphatic carbocycles. The Balaban J connectivity index is 2.79. The fraction of sp³-hybridized carbons (Fsp3) is 0.545. The van der Waals surface area contributed by atoms with Crippen LogP contribution in [0.25, 0.3) is 0 Å². The Morgan fingerprint density at radius 1 is 1.47 bits per heavy atom. The highest BCUT2D eigenvalue weighted by atomic mass is 16.3. The van der Waals surface area contributed by atoms with Gasteiger partial charge in [0.05, 0.1) is 24.2 Å². The van der Waals surface area contributed by atoms with E-state index in [9.17, 15) is 0 Å². The molecule has 1 aromatic heterocycles. The number of nitrogens with zero attached hydrogens (tertiary/aromatic N) is 2. The van der Waals surface area contributed by atoms with Crippen molar-refractivity contribution >= 4 is 5.69 Å². The lowest BCUT2D eigenvalue weighted by molar-refractivity contribution is 0.270. The third-order valence-corrected chi connectivity index (χ3v) is 2.57. The average Bonchev–Trinajstić information content (AvgIpc) is 2.27. The quantitative estimate of drug-likeness (QED) is 0.774. The van der Waals surface area contributed by atoms with Gasteiger partial charge in [-0.25, -0.2) is 0 Å². The number of likely N-dealkylation sites (N-methyl/N-ethyl adjacent to an activating group) is 1. The molecule has 0 amide bonds. The average molecular weight is 209 g/mol. The number of pyridine rings is 1. The number of aromatic nitrogens is 1. The molecular weight excluding hydrogens is 190 g/mol. The molecule has 0 aliphatic rings. The van der Waals surface area contributed by atoms with Crippen molar-refractivity contribution in [3.05, 3.63) is 24.0 Å². The fourth-order valence-corrected chi connectivity index (χ4v) is 1.25. The molecule has 84 valence electrons. The molecule has 2 atom stereocenters. The number of hydrogen-bond donors (Lipinski definition) is 2. The van der Waals surface area contributed by atoms with Gasteiger partial charge in [-0.1, -0.05) is 0 Å². The van der Waals surface area contributed by atoms with Gasteiger partial charge in [-0.05, 0) is 26.0 Å². The number of aliphatic hydroxyl groups is 1. The molecule has 4 heteroatoms. The lowest BCUT2D eigenvalue weighted by Crippen LogP contribution is -2.31. The summed E-state index contributed by atoms with van der Waals surface area (Å²) < 4.78 is 0. The summed E-state index contributed by atoms with van der Waals surface area (Å²) in [6.45, 7) is 3.99. The van der Waals surface area contributed by atoms with E-state index in [0.717, 1.165) is 11.4 Å². The molecule has 0 spiro atoms. The Labute approximate surface area is 90.7 Å². The lowest BCUT2D eigenvalue weighted by Gasteiger charge is -2.25. The standard InChI is InChI=1S/C11H19N3O/c1-8(7-15)14(3)10-4-5-11(9(2)12)13-6-10/h4-6,8-9,15H,7,12H2,1-3H3/t8?,9-/m0/s1. The summed E-state index contributed by atoms with van der Waals surface area (Å²) in [7, 11) is 1.93. The van der Waals surface area contributed by atoms with Gasteiger partial charge in [-0.15, -0.1) is 0 Å². The van der Waals surface area contributed by atoms with Crippen LogP contribution < -0.4 is 10.6 Å². The van der Waals surface area contributed by atoms with Crippen LogP contribution in [0, 0.1) is 0 Å². The van der Waals surface area contributed by atoms with E-state index >= 15 is 0 Å². The van der Waals surface area contributed by atoms with Crippen molar-refractivity contribution in [3.8, 4) is 0 Å². The van der Waals surface area contributed by atoms with Crippen molar-refractivity contribution in [1.82, 2.24) is 4.98 Å². The van der Waals surface area contributed by atoms with E-state index in [4.69, 9.17) is 10.8 Å². The molecule has 1 heterocycles. The summed E-state index contributed by atoms with van der Waals surface area (Å²) in [6.07, 6.45) is 1.78. The lowest BCUT2D eigenvalue weighted by atomic mass is 10.2. The molecule has 4 nitrogen and oxygen atoms in total. The minimum absolute atomic E-state index is 0.0420. The smallest absolute Gasteiger partial charge is 0.0632 e. The number of anilines is 1. The van der Waals surface area contributed by atoms with Crippen LogP contribution in [0.2, 0.25) is 0 Å². The Morgan fingerprint density at radius 3 is 2.53 bits per heavy atom. The molecule has 3 N–H and O–H groups in total. The molecule has 0 radical (unpaired) electrons. The first-order valence-electron chi connectivity index (χ1n) is 5.11. The zero-order valence-electron chi connectivity index (χ0n) is 9.51. The zero-order chi connectivity index (χ0) is 11.4. The van der Waals surface area contributed by atoms with Gasteiger partial charge in [0.2, 0.25) is 0 Å². The van der Waals surface area contributed by atoms with Crippen molar-refractivity contribution in [2.75, 3.05) is 18.6 Å². The third kappa shape index (κ3) is 2.91. The second-order valence-corrected chi connectivity index (χ2v) is 3.87. The highest BCUT2D eigenvalue weighted by Crippen LogP contribution is 2.15. The van der Waals surface area contributed by atoms with Gasteiger partial charge in [-0.2, -0.15) is 0 Å². The summed E-state index contributed by atoms with van der Waals surface area (Å²) in [5.74, 6) is 0. The van der Waals surface area contributed by atoms with E-state index in [-0.39, 0.29) is 18.7 Å². The number of hydrogen-bond acceptors (Lipinski definition) is 4. The number of aliphatic hydroxyl groups excluding tert-OH is 1. The molecule has 0 saturated heterocycles. The van der Waals surface area contributed by atoms with Crippen LogP contribution in [0.1, 0.15) is 25.6 Å². The summed E-state index contributed by atoms with van der Waals surface area (Å²) in [5.41, 5.74) is 7.58. The summed E-state index contributed by atoms with van der Waals surface area (Å²) >= 11 is 0. The molecular formula is C11H19N3O. The van der Waals surface area contributed by atoms with Crippen LogP contribution in [0.15, 0.2) is 18.3 Å². The van der Waals surface area contributed by atoms with Crippen molar-refractivity contribution in [2.45, 2.75) is 25.9 Å². The Hall–Kier alpha value is -1.13. The van der Waals surface area contributed by atoms with Gasteiger partial charge < -0.3 is 15.7 Å². The molecule has 15 heavy (non-hydrogen) atoms. The second-order valence-electron chi connectivity index (χ2n) is 3.87. The largest absolute Gasteiger partial charge is 0.394 e. The molecule has 0 aliphatic heterocycles. The van der Waals surface area contributed by atoms with Crippen LogP contribution >= 0.6 is 0 Å². The minimum Gasteiger partial charge on any atom is -0.394 e. The highest BCUT2D eigenvalue weighted by molar-refractivity contribution is 5.44. The monoisotopic (exact) mass is 209 g/mol. The topological polar surface area (TPSA) is 62.4 Å². The first kappa shape index (κ1) is 11.9. The van der Waals surface area contributed by atoms with Gasteiger partial charge in [0.15, 0.2) is 0 Å². The van der Waals surface area contributed by atoms with Crippen LogP contribution in [0.3, 0.4) is 0 Å². The highest BCUT2D eigenvalue weighted by Gasteiger charge is 2.09. The fourth-order valence-electron chi connectivity index (χ4n) is 1.25. The first-order valence-corrected chi connectivity index (χ1v) is 5.11. The maximum atomic E-state index is 9.03. The van der Waals surface area contributed by atoms with E-state index in [1.165, 1.54) is 0 Å². The van der Waals surface area contributed by atoms with E-state index in [1.54, 1.807) is 6.20 Å². The van der Waals surface area contributed by atoms with E-state index in [2.05, 4.69) is 4.98 Å². The van der Waals surface area contributed by atoms with Crippen LogP contribution in [-0.4, -0.2) is 29.8 Å². The van der Waals surface area contributed by atoms with Gasteiger partial charge in [0, 0.05) is 19.1 Å². The molecule has 0 aromatic carbocycles. The maximum absolute atomic E-state index is 9.03. The first-order chi connectivity index (χ1) is 7.06. The van der Waals surface area contributed by atoms with Crippen molar-refractivity contribution < 1.29 is 5.11 Å².